The predicted octanol–water partition coefficient (Wildman–Crippen LogP) is 2.64. The number of hydrogen-bond acceptors (Lipinski definition) is 8. The second-order valence-corrected chi connectivity index (χ2v) is 8.04. The molecule has 2 aromatic rings. The van der Waals surface area contributed by atoms with Crippen LogP contribution in [0.15, 0.2) is 10.0 Å². The fraction of sp³-hybridized carbons (Fsp3) is 0.647. The summed E-state index contributed by atoms with van der Waals surface area (Å²) < 4.78 is 42.9. The van der Waals surface area contributed by atoms with Crippen molar-refractivity contribution >= 4 is 17.3 Å². The van der Waals surface area contributed by atoms with Crippen LogP contribution in [0, 0.1) is 25.7 Å². The maximum Gasteiger partial charge on any atom is 0.490 e. The van der Waals surface area contributed by atoms with E-state index in [0.717, 1.165) is 37.8 Å². The Morgan fingerprint density at radius 1 is 1.34 bits per heavy atom. The van der Waals surface area contributed by atoms with Gasteiger partial charge in [-0.15, -0.1) is 11.3 Å². The maximum atomic E-state index is 10.6. The Kier molecular flexibility index (Phi) is 6.54. The lowest BCUT2D eigenvalue weighted by atomic mass is 9.83. The number of alkyl halides is 3. The molecule has 0 amide bonds. The van der Waals surface area contributed by atoms with E-state index in [1.165, 1.54) is 4.88 Å². The first-order chi connectivity index (χ1) is 13.6. The number of likely N-dealkylation sites (tertiary alicyclic amines) is 1. The Labute approximate surface area is 168 Å². The van der Waals surface area contributed by atoms with Crippen molar-refractivity contribution in [2.45, 2.75) is 32.5 Å². The van der Waals surface area contributed by atoms with Crippen molar-refractivity contribution in [3.05, 3.63) is 27.8 Å². The monoisotopic (exact) mass is 434 g/mol. The van der Waals surface area contributed by atoms with E-state index in [0.29, 0.717) is 24.3 Å². The number of aliphatic carboxylic acids is 1. The number of carboxylic acid groups (broad SMARTS) is 1. The van der Waals surface area contributed by atoms with Gasteiger partial charge in [0, 0.05) is 24.5 Å². The lowest BCUT2D eigenvalue weighted by Gasteiger charge is -2.30. The van der Waals surface area contributed by atoms with Gasteiger partial charge in [0.15, 0.2) is 5.82 Å². The zero-order chi connectivity index (χ0) is 21.2. The number of thiazole rings is 1. The Morgan fingerprint density at radius 3 is 2.62 bits per heavy atom. The molecule has 2 saturated heterocycles. The quantitative estimate of drug-likeness (QED) is 0.787. The minimum Gasteiger partial charge on any atom is -0.475 e. The molecule has 0 aromatic carbocycles. The lowest BCUT2D eigenvalue weighted by Crippen LogP contribution is -2.33. The van der Waals surface area contributed by atoms with Crippen LogP contribution in [0.25, 0.3) is 0 Å². The molecule has 0 bridgehead atoms. The molecule has 2 aliphatic heterocycles. The van der Waals surface area contributed by atoms with E-state index in [1.54, 1.807) is 11.3 Å². The highest BCUT2D eigenvalue weighted by Gasteiger charge is 2.43. The van der Waals surface area contributed by atoms with Crippen LogP contribution in [0.5, 0.6) is 0 Å². The van der Waals surface area contributed by atoms with E-state index < -0.39 is 12.1 Å². The van der Waals surface area contributed by atoms with E-state index >= 15 is 0 Å². The first-order valence-corrected chi connectivity index (χ1v) is 9.82. The summed E-state index contributed by atoms with van der Waals surface area (Å²) in [5.41, 5.74) is 3.08. The molecule has 2 fully saturated rings. The smallest absolute Gasteiger partial charge is 0.475 e. The Morgan fingerprint density at radius 2 is 2.07 bits per heavy atom. The van der Waals surface area contributed by atoms with Crippen molar-refractivity contribution in [1.29, 1.82) is 0 Å². The van der Waals surface area contributed by atoms with Crippen LogP contribution in [-0.2, 0) is 16.1 Å². The molecule has 1 N–H and O–H groups in total. The van der Waals surface area contributed by atoms with Crippen LogP contribution in [0.4, 0.5) is 13.2 Å². The lowest BCUT2D eigenvalue weighted by molar-refractivity contribution is -0.192. The molecule has 0 saturated carbocycles. The van der Waals surface area contributed by atoms with Gasteiger partial charge in [-0.3, -0.25) is 4.90 Å². The Balaban J connectivity index is 0.000000298. The van der Waals surface area contributed by atoms with Crippen LogP contribution in [0.1, 0.15) is 28.2 Å². The molecule has 0 spiro atoms. The topological polar surface area (TPSA) is 102 Å². The zero-order valence-electron chi connectivity index (χ0n) is 15.8. The summed E-state index contributed by atoms with van der Waals surface area (Å²) in [6, 6.07) is 0. The van der Waals surface area contributed by atoms with Gasteiger partial charge in [-0.1, -0.05) is 5.16 Å². The number of carbonyl (C=O) groups is 1. The molecule has 0 unspecified atom stereocenters. The standard InChI is InChI=1S/C15H20N4O2S.C2HF3O2/c1-9-14(22-8-16-9)5-19-3-11-6-20-7-13(12(11)4-19)15-17-10(2)18-21-15;3-2(4,5)1(6)7/h8,11-13H,3-7H2,1-2H3;(H,6,7)/t11-,12-,13+;/m1./s1. The molecule has 12 heteroatoms. The molecule has 4 heterocycles. The third-order valence-corrected chi connectivity index (χ3v) is 5.95. The average molecular weight is 434 g/mol. The molecule has 4 rings (SSSR count). The fourth-order valence-corrected chi connectivity index (χ4v) is 4.44. The number of hydrogen-bond donors (Lipinski definition) is 1. The number of ether oxygens (including phenoxy) is 1. The molecule has 2 aliphatic rings. The van der Waals surface area contributed by atoms with Crippen molar-refractivity contribution < 1.29 is 32.3 Å². The van der Waals surface area contributed by atoms with E-state index in [9.17, 15) is 13.2 Å². The third-order valence-electron chi connectivity index (χ3n) is 5.03. The van der Waals surface area contributed by atoms with Gasteiger partial charge in [0.05, 0.1) is 30.3 Å². The molecular formula is C17H21F3N4O4S. The predicted molar refractivity (Wildman–Crippen MR) is 95.4 cm³/mol. The molecule has 160 valence electrons. The summed E-state index contributed by atoms with van der Waals surface area (Å²) in [5.74, 6) is 0.0105. The molecular weight excluding hydrogens is 413 g/mol. The minimum atomic E-state index is -5.08. The van der Waals surface area contributed by atoms with Gasteiger partial charge >= 0.3 is 12.1 Å². The van der Waals surface area contributed by atoms with Crippen LogP contribution < -0.4 is 0 Å². The first-order valence-electron chi connectivity index (χ1n) is 8.94. The second-order valence-electron chi connectivity index (χ2n) is 7.11. The van der Waals surface area contributed by atoms with E-state index in [4.69, 9.17) is 19.2 Å². The van der Waals surface area contributed by atoms with Gasteiger partial charge in [-0.05, 0) is 25.7 Å². The van der Waals surface area contributed by atoms with E-state index in [-0.39, 0.29) is 5.92 Å². The fourth-order valence-electron chi connectivity index (χ4n) is 3.62. The Bertz CT molecular complexity index is 841. The Hall–Kier alpha value is -2.05. The molecule has 29 heavy (non-hydrogen) atoms. The SMILES string of the molecule is Cc1noc([C@H]2COC[C@H]3CN(Cc4scnc4C)C[C@H]32)n1.O=C(O)C(F)(F)F. The van der Waals surface area contributed by atoms with Gasteiger partial charge in [0.2, 0.25) is 5.89 Å². The van der Waals surface area contributed by atoms with E-state index in [2.05, 4.69) is 26.9 Å². The summed E-state index contributed by atoms with van der Waals surface area (Å²) in [6.45, 7) is 8.61. The number of carboxylic acids is 1. The number of aromatic nitrogens is 3. The number of nitrogens with zero attached hydrogens (tertiary/aromatic N) is 4. The number of fused-ring (bicyclic) bond motifs is 1. The summed E-state index contributed by atoms with van der Waals surface area (Å²) in [6.07, 6.45) is -5.08. The molecule has 3 atom stereocenters. The van der Waals surface area contributed by atoms with Crippen molar-refractivity contribution in [3.63, 3.8) is 0 Å². The normalized spacial score (nSPS) is 24.7. The van der Waals surface area contributed by atoms with Gasteiger partial charge in [-0.2, -0.15) is 18.2 Å². The maximum absolute atomic E-state index is 10.6. The summed E-state index contributed by atoms with van der Waals surface area (Å²) in [4.78, 5) is 21.5. The minimum absolute atomic E-state index is 0.229. The number of aryl methyl sites for hydroxylation is 2. The van der Waals surface area contributed by atoms with Gasteiger partial charge in [0.1, 0.15) is 0 Å². The van der Waals surface area contributed by atoms with Gasteiger partial charge < -0.3 is 14.4 Å². The summed E-state index contributed by atoms with van der Waals surface area (Å²) in [7, 11) is 0. The van der Waals surface area contributed by atoms with Crippen LogP contribution in [0.3, 0.4) is 0 Å². The third kappa shape index (κ3) is 5.31. The van der Waals surface area contributed by atoms with Gasteiger partial charge in [0.25, 0.3) is 0 Å². The summed E-state index contributed by atoms with van der Waals surface area (Å²) in [5, 5.41) is 11.1. The van der Waals surface area contributed by atoms with Crippen LogP contribution in [0.2, 0.25) is 0 Å². The molecule has 0 radical (unpaired) electrons. The van der Waals surface area contributed by atoms with Crippen molar-refractivity contribution in [2.75, 3.05) is 26.3 Å². The van der Waals surface area contributed by atoms with Gasteiger partial charge in [-0.25, -0.2) is 9.78 Å². The van der Waals surface area contributed by atoms with Crippen molar-refractivity contribution in [3.8, 4) is 0 Å². The van der Waals surface area contributed by atoms with Crippen LogP contribution >= 0.6 is 11.3 Å². The summed E-state index contributed by atoms with van der Waals surface area (Å²) >= 11 is 1.75. The molecule has 2 aromatic heterocycles. The molecule has 8 nitrogen and oxygen atoms in total. The molecule has 0 aliphatic carbocycles. The highest BCUT2D eigenvalue weighted by atomic mass is 32.1. The highest BCUT2D eigenvalue weighted by molar-refractivity contribution is 7.09. The zero-order valence-corrected chi connectivity index (χ0v) is 16.7. The second kappa shape index (κ2) is 8.76. The highest BCUT2D eigenvalue weighted by Crippen LogP contribution is 2.39. The van der Waals surface area contributed by atoms with Crippen LogP contribution in [-0.4, -0.2) is 63.6 Å². The van der Waals surface area contributed by atoms with Crippen molar-refractivity contribution in [1.82, 2.24) is 20.0 Å². The average Bonchev–Trinajstić information content (AvgIpc) is 3.35. The first kappa shape index (κ1) is 21.7. The largest absolute Gasteiger partial charge is 0.490 e. The number of halogens is 3. The van der Waals surface area contributed by atoms with Crippen molar-refractivity contribution in [2.24, 2.45) is 11.8 Å². The number of rotatable bonds is 3. The van der Waals surface area contributed by atoms with E-state index in [1.807, 2.05) is 12.4 Å².